The summed E-state index contributed by atoms with van der Waals surface area (Å²) in [5.41, 5.74) is 8.90. The van der Waals surface area contributed by atoms with Crippen LogP contribution in [0.25, 0.3) is 22.5 Å². The number of hydrogen-bond acceptors (Lipinski definition) is 10. The van der Waals surface area contributed by atoms with E-state index in [1.807, 2.05) is 22.2 Å². The molecule has 0 bridgehead atoms. The topological polar surface area (TPSA) is 193 Å². The van der Waals surface area contributed by atoms with Crippen LogP contribution in [0.3, 0.4) is 0 Å². The number of aromatic nitrogens is 4. The van der Waals surface area contributed by atoms with Gasteiger partial charge in [-0.05, 0) is 123 Å². The number of hydrogen-bond donors (Lipinski definition) is 4. The molecule has 4 fully saturated rings. The number of carbonyl (C=O) groups is 4. The van der Waals surface area contributed by atoms with Crippen LogP contribution in [0.15, 0.2) is 48.8 Å². The van der Waals surface area contributed by atoms with Crippen molar-refractivity contribution in [1.82, 2.24) is 40.4 Å². The molecule has 5 aliphatic rings. The van der Waals surface area contributed by atoms with Crippen LogP contribution in [0, 0.1) is 11.8 Å². The van der Waals surface area contributed by atoms with Gasteiger partial charge in [0.2, 0.25) is 11.8 Å². The van der Waals surface area contributed by atoms with E-state index in [-0.39, 0.29) is 36.0 Å². The number of ether oxygens (including phenoxy) is 4. The third kappa shape index (κ3) is 8.03. The summed E-state index contributed by atoms with van der Waals surface area (Å²) >= 11 is 0. The lowest BCUT2D eigenvalue weighted by molar-refractivity contribution is -0.140. The first kappa shape index (κ1) is 43.5. The fourth-order valence-electron chi connectivity index (χ4n) is 11.4. The molecular weight excluding hydrogens is 817 g/mol. The molecule has 4 heterocycles. The number of likely N-dealkylation sites (tertiary alicyclic amines) is 2. The lowest BCUT2D eigenvalue weighted by atomic mass is 9.84. The molecule has 0 radical (unpaired) electrons. The Bertz CT molecular complexity index is 2230. The van der Waals surface area contributed by atoms with E-state index in [1.54, 1.807) is 13.8 Å². The van der Waals surface area contributed by atoms with E-state index in [0.717, 1.165) is 98.4 Å². The van der Waals surface area contributed by atoms with Gasteiger partial charge in [0.25, 0.3) is 0 Å². The molecule has 2 aliphatic heterocycles. The van der Waals surface area contributed by atoms with E-state index in [0.29, 0.717) is 11.8 Å². The van der Waals surface area contributed by atoms with Gasteiger partial charge in [-0.3, -0.25) is 9.59 Å². The summed E-state index contributed by atoms with van der Waals surface area (Å²) in [5, 5.41) is 5.44. The highest BCUT2D eigenvalue weighted by Crippen LogP contribution is 2.49. The van der Waals surface area contributed by atoms with Crippen LogP contribution in [0.2, 0.25) is 0 Å². The second-order valence-electron chi connectivity index (χ2n) is 18.3. The van der Waals surface area contributed by atoms with E-state index >= 15 is 0 Å². The zero-order chi connectivity index (χ0) is 44.8. The number of nitrogens with one attached hydrogen (secondary N) is 4. The molecule has 2 saturated heterocycles. The van der Waals surface area contributed by atoms with Crippen molar-refractivity contribution in [2.75, 3.05) is 28.4 Å². The molecule has 4 aromatic rings. The molecule has 340 valence electrons. The lowest BCUT2D eigenvalue weighted by Crippen LogP contribution is -2.55. The van der Waals surface area contributed by atoms with Gasteiger partial charge in [-0.2, -0.15) is 0 Å². The van der Waals surface area contributed by atoms with Crippen molar-refractivity contribution in [1.29, 1.82) is 0 Å². The van der Waals surface area contributed by atoms with Gasteiger partial charge in [0.05, 0.1) is 62.3 Å². The molecule has 10 atom stereocenters. The Morgan fingerprint density at radius 2 is 1.05 bits per heavy atom. The Hall–Kier alpha value is -5.74. The average molecular weight is 877 g/mol. The first-order valence-corrected chi connectivity index (χ1v) is 22.7. The van der Waals surface area contributed by atoms with Gasteiger partial charge < -0.3 is 49.3 Å². The maximum absolute atomic E-state index is 14.3. The van der Waals surface area contributed by atoms with E-state index in [1.165, 1.54) is 50.7 Å². The molecule has 2 aromatic carbocycles. The summed E-state index contributed by atoms with van der Waals surface area (Å²) in [6.45, 7) is 3.55. The fourth-order valence-corrected chi connectivity index (χ4v) is 11.4. The predicted molar refractivity (Wildman–Crippen MR) is 236 cm³/mol. The summed E-state index contributed by atoms with van der Waals surface area (Å²) < 4.78 is 20.8. The molecule has 9 rings (SSSR count). The highest BCUT2D eigenvalue weighted by Gasteiger charge is 2.51. The number of methoxy groups -OCH3 is 4. The minimum Gasteiger partial charge on any atom is -0.453 e. The highest BCUT2D eigenvalue weighted by atomic mass is 16.5. The zero-order valence-corrected chi connectivity index (χ0v) is 37.5. The minimum absolute atomic E-state index is 0.0753. The Kier molecular flexibility index (Phi) is 12.3. The summed E-state index contributed by atoms with van der Waals surface area (Å²) in [6, 6.07) is 11.0. The first-order valence-electron chi connectivity index (χ1n) is 22.7. The predicted octanol–water partition coefficient (Wildman–Crippen LogP) is 6.37. The zero-order valence-electron chi connectivity index (χ0n) is 37.5. The van der Waals surface area contributed by atoms with Gasteiger partial charge in [-0.25, -0.2) is 19.6 Å². The second kappa shape index (κ2) is 18.0. The monoisotopic (exact) mass is 876 g/mol. The van der Waals surface area contributed by atoms with Crippen LogP contribution in [0.4, 0.5) is 9.59 Å². The number of amides is 4. The number of imidazole rings is 2. The number of nitrogens with zero attached hydrogens (tertiary/aromatic N) is 4. The van der Waals surface area contributed by atoms with Crippen LogP contribution in [-0.4, -0.2) is 119 Å². The molecule has 16 heteroatoms. The summed E-state index contributed by atoms with van der Waals surface area (Å²) in [6.07, 6.45) is 10.5. The van der Waals surface area contributed by atoms with Crippen LogP contribution >= 0.6 is 0 Å². The SMILES string of the molecule is COC(=O)N[C@H](C(=O)N1[C@H](c2ncc(-c3ccc4c(c3)Cc3ccc(-c5cnc([C@@H]6C[C@@H]7CCC[C@@H]7N6C(=O)[C@@H](NC(=O)OC)[C@@H](C)OC)[nH]5)cc3C4)[nH]2)C[C@@H]2CCC[C@@H]21)[C@@H](C)OC. The third-order valence-corrected chi connectivity index (χ3v) is 14.9. The third-order valence-electron chi connectivity index (χ3n) is 14.9. The van der Waals surface area contributed by atoms with Crippen molar-refractivity contribution in [3.8, 4) is 22.5 Å². The molecule has 2 saturated carbocycles. The Morgan fingerprint density at radius 3 is 1.44 bits per heavy atom. The molecule has 0 spiro atoms. The minimum atomic E-state index is -0.895. The number of H-pyrrole nitrogens is 2. The van der Waals surface area contributed by atoms with Crippen molar-refractivity contribution in [3.63, 3.8) is 0 Å². The van der Waals surface area contributed by atoms with Gasteiger partial charge in [0.1, 0.15) is 23.7 Å². The van der Waals surface area contributed by atoms with Crippen molar-refractivity contribution >= 4 is 24.0 Å². The molecule has 16 nitrogen and oxygen atoms in total. The largest absolute Gasteiger partial charge is 0.453 e. The van der Waals surface area contributed by atoms with E-state index in [4.69, 9.17) is 28.9 Å². The van der Waals surface area contributed by atoms with E-state index < -0.39 is 36.5 Å². The van der Waals surface area contributed by atoms with Gasteiger partial charge in [-0.1, -0.05) is 37.1 Å². The average Bonchev–Trinajstić information content (AvgIpc) is 4.17. The number of carbonyl (C=O) groups excluding carboxylic acids is 4. The number of fused-ring (bicyclic) bond motifs is 4. The quantitative estimate of drug-likeness (QED) is 0.110. The lowest BCUT2D eigenvalue weighted by Gasteiger charge is -2.34. The van der Waals surface area contributed by atoms with E-state index in [9.17, 15) is 19.2 Å². The van der Waals surface area contributed by atoms with E-state index in [2.05, 4.69) is 57.0 Å². The van der Waals surface area contributed by atoms with Crippen molar-refractivity contribution < 1.29 is 38.1 Å². The molecule has 4 amide bonds. The fraction of sp³-hybridized carbons (Fsp3) is 0.542. The van der Waals surface area contributed by atoms with Gasteiger partial charge in [0, 0.05) is 26.3 Å². The van der Waals surface area contributed by atoms with Crippen molar-refractivity contribution in [2.24, 2.45) is 11.8 Å². The molecule has 4 N–H and O–H groups in total. The van der Waals surface area contributed by atoms with Crippen LogP contribution in [-0.2, 0) is 41.4 Å². The molecule has 3 aliphatic carbocycles. The number of aromatic amines is 2. The highest BCUT2D eigenvalue weighted by molar-refractivity contribution is 5.88. The summed E-state index contributed by atoms with van der Waals surface area (Å²) in [4.78, 5) is 73.9. The van der Waals surface area contributed by atoms with Gasteiger partial charge in [0.15, 0.2) is 0 Å². The smallest absolute Gasteiger partial charge is 0.407 e. The number of benzene rings is 2. The van der Waals surface area contributed by atoms with Gasteiger partial charge in [-0.15, -0.1) is 0 Å². The maximum atomic E-state index is 14.3. The standard InChI is InChI=1S/C48H60N8O8/c1-25(61-3)41(53-47(59)63-5)45(57)55-37-11-7-9-31(37)21-39(55)43-49-23-35(51-43)29-15-13-27-18-34-20-30(16-14-28(34)17-33(27)19-29)36-24-50-44(52-36)40-22-32-10-8-12-38(32)56(40)46(58)42(26(2)62-4)54-48(60)64-6/h13-16,19-20,23-26,31-32,37-42H,7-12,17-18,21-22H2,1-6H3,(H,49,51)(H,50,52)(H,53,59)(H,54,60)/t25-,26-,31+,32+,37+,38+,39+,40+,41+,42+/m1/s1. The second-order valence-corrected chi connectivity index (χ2v) is 18.3. The molecule has 2 aromatic heterocycles. The van der Waals surface area contributed by atoms with Crippen molar-refractivity contribution in [3.05, 3.63) is 82.7 Å². The summed E-state index contributed by atoms with van der Waals surface area (Å²) in [7, 11) is 5.64. The van der Waals surface area contributed by atoms with Crippen LogP contribution in [0.1, 0.15) is 111 Å². The Labute approximate surface area is 373 Å². The molecule has 0 unspecified atom stereocenters. The van der Waals surface area contributed by atoms with Crippen LogP contribution in [0.5, 0.6) is 0 Å². The van der Waals surface area contributed by atoms with Crippen LogP contribution < -0.4 is 10.6 Å². The summed E-state index contributed by atoms with van der Waals surface area (Å²) in [5.74, 6) is 1.85. The maximum Gasteiger partial charge on any atom is 0.407 e. The van der Waals surface area contributed by atoms with Gasteiger partial charge >= 0.3 is 12.2 Å². The molecular formula is C48H60N8O8. The Morgan fingerprint density at radius 1 is 0.625 bits per heavy atom. The molecule has 64 heavy (non-hydrogen) atoms. The van der Waals surface area contributed by atoms with Crippen molar-refractivity contribution in [2.45, 2.75) is 127 Å². The number of alkyl carbamates (subject to hydrolysis) is 2. The number of rotatable bonds is 12. The Balaban J connectivity index is 0.912. The normalized spacial score (nSPS) is 25.1. The first-order chi connectivity index (χ1) is 31.0.